The Morgan fingerprint density at radius 1 is 1.16 bits per heavy atom. The summed E-state index contributed by atoms with van der Waals surface area (Å²) in [6.07, 6.45) is 4.09. The van der Waals surface area contributed by atoms with Gasteiger partial charge in [0, 0.05) is 42.6 Å². The number of amides is 2. The minimum atomic E-state index is -0.277. The molecule has 0 spiro atoms. The van der Waals surface area contributed by atoms with Gasteiger partial charge < -0.3 is 10.1 Å². The van der Waals surface area contributed by atoms with E-state index in [1.165, 1.54) is 18.1 Å². The number of likely N-dealkylation sites (tertiary alicyclic amines) is 1. The molecule has 1 aromatic rings. The smallest absolute Gasteiger partial charge is 0.229 e. The van der Waals surface area contributed by atoms with Crippen LogP contribution in [0, 0.1) is 5.82 Å². The second-order valence-corrected chi connectivity index (χ2v) is 6.94. The van der Waals surface area contributed by atoms with E-state index in [-0.39, 0.29) is 35.8 Å². The molecule has 0 aromatic heterocycles. The summed E-state index contributed by atoms with van der Waals surface area (Å²) in [5.41, 5.74) is 0.618. The van der Waals surface area contributed by atoms with Crippen molar-refractivity contribution in [1.82, 2.24) is 10.2 Å². The molecule has 1 unspecified atom stereocenters. The predicted molar refractivity (Wildman–Crippen MR) is 91.6 cm³/mol. The van der Waals surface area contributed by atoms with E-state index in [0.717, 1.165) is 25.7 Å². The van der Waals surface area contributed by atoms with E-state index in [4.69, 9.17) is 4.74 Å². The third-order valence-electron chi connectivity index (χ3n) is 5.31. The van der Waals surface area contributed by atoms with Crippen LogP contribution in [0.5, 0.6) is 5.75 Å². The van der Waals surface area contributed by atoms with Gasteiger partial charge in [-0.05, 0) is 38.7 Å². The molecule has 0 bridgehead atoms. The fourth-order valence-corrected chi connectivity index (χ4v) is 3.93. The number of halogens is 1. The Hall–Kier alpha value is -1.95. The van der Waals surface area contributed by atoms with Crippen molar-refractivity contribution in [2.45, 2.75) is 63.6 Å². The summed E-state index contributed by atoms with van der Waals surface area (Å²) < 4.78 is 19.2. The first-order chi connectivity index (χ1) is 12.0. The molecule has 1 saturated heterocycles. The molecule has 1 aromatic carbocycles. The highest BCUT2D eigenvalue weighted by Crippen LogP contribution is 2.29. The SMILES string of the molecule is COc1ccc(C(C)NC2CCC(N3C(=O)CCC3=O)CC2)c(F)c1. The average Bonchev–Trinajstić information content (AvgIpc) is 2.94. The molecule has 1 heterocycles. The highest BCUT2D eigenvalue weighted by Gasteiger charge is 2.37. The zero-order valence-electron chi connectivity index (χ0n) is 14.8. The van der Waals surface area contributed by atoms with E-state index in [9.17, 15) is 14.0 Å². The van der Waals surface area contributed by atoms with Gasteiger partial charge in [0.15, 0.2) is 0 Å². The minimum Gasteiger partial charge on any atom is -0.497 e. The van der Waals surface area contributed by atoms with Crippen molar-refractivity contribution in [2.24, 2.45) is 0 Å². The number of benzene rings is 1. The van der Waals surface area contributed by atoms with Crippen molar-refractivity contribution < 1.29 is 18.7 Å². The van der Waals surface area contributed by atoms with E-state index in [1.54, 1.807) is 12.1 Å². The van der Waals surface area contributed by atoms with Crippen molar-refractivity contribution in [1.29, 1.82) is 0 Å². The van der Waals surface area contributed by atoms with Crippen LogP contribution in [0.3, 0.4) is 0 Å². The molecule has 1 aliphatic heterocycles. The Kier molecular flexibility index (Phi) is 5.37. The van der Waals surface area contributed by atoms with E-state index in [1.807, 2.05) is 6.92 Å². The molecule has 0 radical (unpaired) electrons. The third kappa shape index (κ3) is 3.84. The Labute approximate surface area is 147 Å². The Bertz CT molecular complexity index is 640. The molecule has 2 aliphatic rings. The van der Waals surface area contributed by atoms with Gasteiger partial charge in [-0.2, -0.15) is 0 Å². The maximum atomic E-state index is 14.2. The molecule has 2 fully saturated rings. The summed E-state index contributed by atoms with van der Waals surface area (Å²) in [5.74, 6) is 0.167. The summed E-state index contributed by atoms with van der Waals surface area (Å²) in [6.45, 7) is 1.95. The summed E-state index contributed by atoms with van der Waals surface area (Å²) in [7, 11) is 1.52. The lowest BCUT2D eigenvalue weighted by atomic mass is 9.89. The minimum absolute atomic E-state index is 0.0323. The molecule has 1 atom stereocenters. The highest BCUT2D eigenvalue weighted by atomic mass is 19.1. The number of carbonyl (C=O) groups is 2. The number of ether oxygens (including phenoxy) is 1. The van der Waals surface area contributed by atoms with Crippen LogP contribution in [-0.2, 0) is 9.59 Å². The van der Waals surface area contributed by atoms with Crippen LogP contribution >= 0.6 is 0 Å². The van der Waals surface area contributed by atoms with E-state index in [2.05, 4.69) is 5.32 Å². The molecule has 1 aliphatic carbocycles. The number of hydrogen-bond acceptors (Lipinski definition) is 4. The molecular weight excluding hydrogens is 323 g/mol. The zero-order chi connectivity index (χ0) is 18.0. The van der Waals surface area contributed by atoms with Crippen molar-refractivity contribution in [3.63, 3.8) is 0 Å². The number of methoxy groups -OCH3 is 1. The molecule has 1 saturated carbocycles. The first-order valence-corrected chi connectivity index (χ1v) is 8.94. The zero-order valence-corrected chi connectivity index (χ0v) is 14.8. The van der Waals surface area contributed by atoms with Gasteiger partial charge in [-0.25, -0.2) is 4.39 Å². The van der Waals surface area contributed by atoms with Crippen molar-refractivity contribution in [2.75, 3.05) is 7.11 Å². The number of hydrogen-bond donors (Lipinski definition) is 1. The number of imide groups is 1. The Morgan fingerprint density at radius 2 is 1.80 bits per heavy atom. The molecular formula is C19H25FN2O3. The van der Waals surface area contributed by atoms with Gasteiger partial charge in [-0.15, -0.1) is 0 Å². The molecule has 25 heavy (non-hydrogen) atoms. The van der Waals surface area contributed by atoms with Crippen LogP contribution in [-0.4, -0.2) is 35.9 Å². The maximum absolute atomic E-state index is 14.2. The standard InChI is InChI=1S/C19H25FN2O3/c1-12(16-8-7-15(25-2)11-17(16)20)21-13-3-5-14(6-4-13)22-18(23)9-10-19(22)24/h7-8,11-14,21H,3-6,9-10H2,1-2H3. The van der Waals surface area contributed by atoms with Crippen molar-refractivity contribution in [3.05, 3.63) is 29.6 Å². The molecule has 1 N–H and O–H groups in total. The number of nitrogens with one attached hydrogen (secondary N) is 1. The average molecular weight is 348 g/mol. The van der Waals surface area contributed by atoms with E-state index in [0.29, 0.717) is 24.2 Å². The Balaban J connectivity index is 1.55. The van der Waals surface area contributed by atoms with E-state index < -0.39 is 0 Å². The lowest BCUT2D eigenvalue weighted by molar-refractivity contribution is -0.141. The maximum Gasteiger partial charge on any atom is 0.229 e. The third-order valence-corrected chi connectivity index (χ3v) is 5.31. The second-order valence-electron chi connectivity index (χ2n) is 6.94. The predicted octanol–water partition coefficient (Wildman–Crippen LogP) is 2.95. The fourth-order valence-electron chi connectivity index (χ4n) is 3.93. The first-order valence-electron chi connectivity index (χ1n) is 8.94. The fraction of sp³-hybridized carbons (Fsp3) is 0.579. The van der Waals surface area contributed by atoms with Crippen LogP contribution in [0.1, 0.15) is 57.1 Å². The second kappa shape index (κ2) is 7.52. The van der Waals surface area contributed by atoms with Crippen LogP contribution in [0.25, 0.3) is 0 Å². The molecule has 136 valence electrons. The van der Waals surface area contributed by atoms with Crippen LogP contribution < -0.4 is 10.1 Å². The van der Waals surface area contributed by atoms with Gasteiger partial charge >= 0.3 is 0 Å². The topological polar surface area (TPSA) is 58.6 Å². The van der Waals surface area contributed by atoms with Crippen LogP contribution in [0.2, 0.25) is 0 Å². The molecule has 6 heteroatoms. The lowest BCUT2D eigenvalue weighted by Crippen LogP contribution is -2.45. The van der Waals surface area contributed by atoms with Crippen molar-refractivity contribution in [3.8, 4) is 5.75 Å². The van der Waals surface area contributed by atoms with Crippen molar-refractivity contribution >= 4 is 11.8 Å². The van der Waals surface area contributed by atoms with Gasteiger partial charge in [0.2, 0.25) is 11.8 Å². The van der Waals surface area contributed by atoms with Gasteiger partial charge in [0.1, 0.15) is 11.6 Å². The summed E-state index contributed by atoms with van der Waals surface area (Å²) in [6, 6.07) is 5.10. The van der Waals surface area contributed by atoms with Crippen LogP contribution in [0.15, 0.2) is 18.2 Å². The monoisotopic (exact) mass is 348 g/mol. The van der Waals surface area contributed by atoms with Crippen LogP contribution in [0.4, 0.5) is 4.39 Å². The summed E-state index contributed by atoms with van der Waals surface area (Å²) in [4.78, 5) is 25.2. The molecule has 3 rings (SSSR count). The molecule has 5 nitrogen and oxygen atoms in total. The summed E-state index contributed by atoms with van der Waals surface area (Å²) >= 11 is 0. The van der Waals surface area contributed by atoms with Gasteiger partial charge in [0.05, 0.1) is 7.11 Å². The summed E-state index contributed by atoms with van der Waals surface area (Å²) in [5, 5.41) is 3.48. The lowest BCUT2D eigenvalue weighted by Gasteiger charge is -2.35. The molecule has 2 amide bonds. The van der Waals surface area contributed by atoms with Gasteiger partial charge in [-0.3, -0.25) is 14.5 Å². The largest absolute Gasteiger partial charge is 0.497 e. The normalized spacial score (nSPS) is 25.3. The quantitative estimate of drug-likeness (QED) is 0.831. The first kappa shape index (κ1) is 17.9. The number of nitrogens with zero attached hydrogens (tertiary/aromatic N) is 1. The number of rotatable bonds is 5. The van der Waals surface area contributed by atoms with E-state index >= 15 is 0 Å². The Morgan fingerprint density at radius 3 is 2.36 bits per heavy atom. The van der Waals surface area contributed by atoms with Gasteiger partial charge in [0.25, 0.3) is 0 Å². The number of carbonyl (C=O) groups excluding carboxylic acids is 2. The highest BCUT2D eigenvalue weighted by molar-refractivity contribution is 6.02. The van der Waals surface area contributed by atoms with Gasteiger partial charge in [-0.1, -0.05) is 6.07 Å².